The first kappa shape index (κ1) is 19.9. The molecular weight excluding hydrogens is 408 g/mol. The van der Waals surface area contributed by atoms with E-state index in [1.807, 2.05) is 30.5 Å². The Hall–Kier alpha value is -2.41. The van der Waals surface area contributed by atoms with Crippen LogP contribution in [0.25, 0.3) is 10.4 Å². The molecule has 0 fully saturated rings. The fourth-order valence-electron chi connectivity index (χ4n) is 3.79. The quantitative estimate of drug-likeness (QED) is 0.671. The number of nitrogens with zero attached hydrogens (tertiary/aromatic N) is 1. The van der Waals surface area contributed by atoms with Gasteiger partial charge in [0.15, 0.2) is 0 Å². The Labute approximate surface area is 177 Å². The second kappa shape index (κ2) is 7.44. The fourth-order valence-corrected chi connectivity index (χ4v) is 5.14. The minimum Gasteiger partial charge on any atom is -0.370 e. The van der Waals surface area contributed by atoms with E-state index in [1.54, 1.807) is 29.0 Å². The molecule has 2 atom stereocenters. The van der Waals surface area contributed by atoms with E-state index < -0.39 is 18.1 Å². The van der Waals surface area contributed by atoms with Crippen LogP contribution in [-0.2, 0) is 16.6 Å². The number of fused-ring (bicyclic) bond motifs is 3. The second-order valence-corrected chi connectivity index (χ2v) is 9.01. The van der Waals surface area contributed by atoms with E-state index in [2.05, 4.69) is 13.8 Å². The van der Waals surface area contributed by atoms with E-state index in [-0.39, 0.29) is 12.0 Å². The molecule has 7 heteroatoms. The monoisotopic (exact) mass is 428 g/mol. The van der Waals surface area contributed by atoms with E-state index in [0.29, 0.717) is 10.6 Å². The number of hydrogen-bond acceptors (Lipinski definition) is 4. The van der Waals surface area contributed by atoms with E-state index in [9.17, 15) is 9.59 Å². The van der Waals surface area contributed by atoms with E-state index in [4.69, 9.17) is 22.1 Å². The molecule has 3 aromatic rings. The molecule has 0 radical (unpaired) electrons. The number of halogens is 1. The molecule has 150 valence electrons. The highest BCUT2D eigenvalue weighted by Crippen LogP contribution is 2.50. The van der Waals surface area contributed by atoms with Crippen molar-refractivity contribution in [1.29, 1.82) is 0 Å². The van der Waals surface area contributed by atoms with Crippen molar-refractivity contribution in [3.63, 3.8) is 0 Å². The van der Waals surface area contributed by atoms with Crippen molar-refractivity contribution in [3.8, 4) is 10.4 Å². The number of ether oxygens (including phenoxy) is 1. The minimum absolute atomic E-state index is 0.00275. The number of pyridine rings is 1. The number of nitrogens with two attached hydrogens (primary N) is 1. The number of carbonyl (C=O) groups is 1. The van der Waals surface area contributed by atoms with Crippen molar-refractivity contribution in [2.75, 3.05) is 0 Å². The molecule has 1 amide bonds. The second-order valence-electron chi connectivity index (χ2n) is 7.34. The van der Waals surface area contributed by atoms with Crippen LogP contribution >= 0.6 is 22.9 Å². The lowest BCUT2D eigenvalue weighted by Gasteiger charge is -2.24. The van der Waals surface area contributed by atoms with Crippen LogP contribution in [0.4, 0.5) is 0 Å². The summed E-state index contributed by atoms with van der Waals surface area (Å²) in [6.45, 7) is 4.16. The predicted octanol–water partition coefficient (Wildman–Crippen LogP) is 4.42. The van der Waals surface area contributed by atoms with Gasteiger partial charge in [0.1, 0.15) is 6.10 Å². The van der Waals surface area contributed by atoms with Crippen LogP contribution in [0.1, 0.15) is 45.8 Å². The number of benzene rings is 1. The standard InChI is InChI=1S/C22H21ClN2O3S/c1-11-12(2)29-22-16-10-25(3)19(27)8-15(16)17(9-18(24)26)28-21(20(11)22)13-4-6-14(23)7-5-13/h4-8,10,17,21H,9H2,1-3H3,(H2,24,26). The molecule has 29 heavy (non-hydrogen) atoms. The van der Waals surface area contributed by atoms with Crippen LogP contribution in [0.15, 0.2) is 41.3 Å². The first-order chi connectivity index (χ1) is 13.8. The smallest absolute Gasteiger partial charge is 0.250 e. The van der Waals surface area contributed by atoms with E-state index in [1.165, 1.54) is 4.88 Å². The van der Waals surface area contributed by atoms with Crippen LogP contribution in [0.3, 0.4) is 0 Å². The third-order valence-corrected chi connectivity index (χ3v) is 6.91. The summed E-state index contributed by atoms with van der Waals surface area (Å²) in [6, 6.07) is 9.07. The maximum absolute atomic E-state index is 12.4. The zero-order valence-electron chi connectivity index (χ0n) is 16.4. The highest BCUT2D eigenvalue weighted by Gasteiger charge is 2.34. The molecule has 0 saturated heterocycles. The first-order valence-electron chi connectivity index (χ1n) is 9.26. The summed E-state index contributed by atoms with van der Waals surface area (Å²) in [5.41, 5.74) is 10.1. The molecule has 1 aliphatic heterocycles. The summed E-state index contributed by atoms with van der Waals surface area (Å²) >= 11 is 7.76. The summed E-state index contributed by atoms with van der Waals surface area (Å²) in [5.74, 6) is -0.477. The van der Waals surface area contributed by atoms with Crippen molar-refractivity contribution < 1.29 is 9.53 Å². The maximum Gasteiger partial charge on any atom is 0.250 e. The Morgan fingerprint density at radius 1 is 1.28 bits per heavy atom. The number of aromatic nitrogens is 1. The zero-order chi connectivity index (χ0) is 20.9. The molecule has 0 bridgehead atoms. The average Bonchev–Trinajstić information content (AvgIpc) is 2.89. The summed E-state index contributed by atoms with van der Waals surface area (Å²) in [4.78, 5) is 26.4. The first-order valence-corrected chi connectivity index (χ1v) is 10.5. The Kier molecular flexibility index (Phi) is 5.11. The fraction of sp³-hybridized carbons (Fsp3) is 0.273. The molecular formula is C22H21ClN2O3S. The Morgan fingerprint density at radius 2 is 1.97 bits per heavy atom. The van der Waals surface area contributed by atoms with Gasteiger partial charge in [-0.1, -0.05) is 23.7 Å². The Bertz CT molecular complexity index is 1160. The van der Waals surface area contributed by atoms with E-state index >= 15 is 0 Å². The molecule has 0 aliphatic carbocycles. The lowest BCUT2D eigenvalue weighted by atomic mass is 9.95. The van der Waals surface area contributed by atoms with E-state index in [0.717, 1.165) is 27.1 Å². The zero-order valence-corrected chi connectivity index (χ0v) is 17.9. The molecule has 2 unspecified atom stereocenters. The Morgan fingerprint density at radius 3 is 2.62 bits per heavy atom. The maximum atomic E-state index is 12.4. The SMILES string of the molecule is Cc1sc2c(c1C)C(c1ccc(Cl)cc1)OC(CC(N)=O)c1cc(=O)n(C)cc1-2. The lowest BCUT2D eigenvalue weighted by molar-refractivity contribution is -0.121. The summed E-state index contributed by atoms with van der Waals surface area (Å²) in [5, 5.41) is 0.640. The Balaban J connectivity index is 2.01. The number of aryl methyl sites for hydroxylation is 2. The van der Waals surface area contributed by atoms with Crippen molar-refractivity contribution in [2.45, 2.75) is 32.5 Å². The van der Waals surface area contributed by atoms with Gasteiger partial charge in [-0.25, -0.2) is 0 Å². The van der Waals surface area contributed by atoms with Gasteiger partial charge >= 0.3 is 0 Å². The molecule has 4 rings (SSSR count). The van der Waals surface area contributed by atoms with Crippen LogP contribution in [0.2, 0.25) is 5.02 Å². The highest BCUT2D eigenvalue weighted by molar-refractivity contribution is 7.15. The van der Waals surface area contributed by atoms with Gasteiger partial charge in [0.25, 0.3) is 5.56 Å². The molecule has 2 N–H and O–H groups in total. The number of amides is 1. The predicted molar refractivity (Wildman–Crippen MR) is 115 cm³/mol. The van der Waals surface area contributed by atoms with Crippen LogP contribution in [-0.4, -0.2) is 10.5 Å². The van der Waals surface area contributed by atoms with Gasteiger partial charge in [-0.3, -0.25) is 9.59 Å². The summed E-state index contributed by atoms with van der Waals surface area (Å²) in [7, 11) is 1.72. The average molecular weight is 429 g/mol. The normalized spacial score (nSPS) is 18.1. The van der Waals surface area contributed by atoms with Crippen molar-refractivity contribution in [3.05, 3.63) is 79.0 Å². The third-order valence-electron chi connectivity index (χ3n) is 5.41. The molecule has 3 heterocycles. The van der Waals surface area contributed by atoms with Gasteiger partial charge < -0.3 is 15.0 Å². The highest BCUT2D eigenvalue weighted by atomic mass is 35.5. The van der Waals surface area contributed by atoms with Gasteiger partial charge in [-0.2, -0.15) is 0 Å². The molecule has 5 nitrogen and oxygen atoms in total. The number of thiophene rings is 1. The molecule has 2 aromatic heterocycles. The summed E-state index contributed by atoms with van der Waals surface area (Å²) < 4.78 is 8.06. The molecule has 0 spiro atoms. The lowest BCUT2D eigenvalue weighted by Crippen LogP contribution is -2.22. The van der Waals surface area contributed by atoms with Crippen LogP contribution in [0.5, 0.6) is 0 Å². The number of primary amides is 1. The van der Waals surface area contributed by atoms with Crippen molar-refractivity contribution >= 4 is 28.8 Å². The minimum atomic E-state index is -0.614. The third kappa shape index (κ3) is 3.52. The van der Waals surface area contributed by atoms with Crippen LogP contribution in [0, 0.1) is 13.8 Å². The number of hydrogen-bond donors (Lipinski definition) is 1. The molecule has 0 saturated carbocycles. The van der Waals surface area contributed by atoms with Crippen LogP contribution < -0.4 is 11.3 Å². The van der Waals surface area contributed by atoms with Gasteiger partial charge in [-0.05, 0) is 42.7 Å². The van der Waals surface area contributed by atoms with Gasteiger partial charge in [0, 0.05) is 45.2 Å². The van der Waals surface area contributed by atoms with Gasteiger partial charge in [0.2, 0.25) is 5.91 Å². The number of carbonyl (C=O) groups excluding carboxylic acids is 1. The topological polar surface area (TPSA) is 74.3 Å². The summed E-state index contributed by atoms with van der Waals surface area (Å²) in [6.07, 6.45) is 0.811. The number of rotatable bonds is 3. The van der Waals surface area contributed by atoms with Crippen molar-refractivity contribution in [1.82, 2.24) is 4.57 Å². The largest absolute Gasteiger partial charge is 0.370 e. The molecule has 1 aliphatic rings. The van der Waals surface area contributed by atoms with Gasteiger partial charge in [0.05, 0.1) is 12.5 Å². The van der Waals surface area contributed by atoms with Crippen molar-refractivity contribution in [2.24, 2.45) is 12.8 Å². The van der Waals surface area contributed by atoms with Gasteiger partial charge in [-0.15, -0.1) is 11.3 Å². The molecule has 1 aromatic carbocycles.